The number of hydrogen-bond donors (Lipinski definition) is 2. The molecule has 2 fully saturated rings. The van der Waals surface area contributed by atoms with E-state index in [9.17, 15) is 15.2 Å². The Morgan fingerprint density at radius 2 is 1.96 bits per heavy atom. The highest BCUT2D eigenvalue weighted by Gasteiger charge is 2.55. The zero-order valence-corrected chi connectivity index (χ0v) is 28.0. The number of primary amides is 1. The average molecular weight is 628 g/mol. The van der Waals surface area contributed by atoms with Gasteiger partial charge in [0, 0.05) is 43.3 Å². The van der Waals surface area contributed by atoms with Crippen molar-refractivity contribution in [2.75, 3.05) is 46.9 Å². The Kier molecular flexibility index (Phi) is 10.3. The van der Waals surface area contributed by atoms with Crippen molar-refractivity contribution in [2.24, 2.45) is 11.7 Å². The Morgan fingerprint density at radius 3 is 2.65 bits per heavy atom. The second-order valence-electron chi connectivity index (χ2n) is 14.3. The molecule has 2 aliphatic rings. The number of quaternary nitrogens is 1. The van der Waals surface area contributed by atoms with Crippen molar-refractivity contribution in [2.45, 2.75) is 82.3 Å². The van der Waals surface area contributed by atoms with E-state index in [0.717, 1.165) is 73.0 Å². The van der Waals surface area contributed by atoms with Crippen molar-refractivity contribution in [1.29, 1.82) is 5.26 Å². The van der Waals surface area contributed by atoms with Crippen LogP contribution in [-0.2, 0) is 16.6 Å². The van der Waals surface area contributed by atoms with Crippen LogP contribution in [0.4, 0.5) is 0 Å². The van der Waals surface area contributed by atoms with Crippen molar-refractivity contribution >= 4 is 16.7 Å². The van der Waals surface area contributed by atoms with Gasteiger partial charge in [-0.25, -0.2) is 4.98 Å². The third-order valence-corrected chi connectivity index (χ3v) is 10.6. The van der Waals surface area contributed by atoms with E-state index in [2.05, 4.69) is 49.1 Å². The number of nitriles is 1. The first-order chi connectivity index (χ1) is 22.0. The Hall–Kier alpha value is -3.58. The van der Waals surface area contributed by atoms with Crippen LogP contribution in [0.1, 0.15) is 68.8 Å². The minimum absolute atomic E-state index is 0.137. The Balaban J connectivity index is 1.21. The van der Waals surface area contributed by atoms with Crippen LogP contribution in [0.3, 0.4) is 0 Å². The van der Waals surface area contributed by atoms with E-state index >= 15 is 0 Å². The summed E-state index contributed by atoms with van der Waals surface area (Å²) in [5.41, 5.74) is 6.77. The summed E-state index contributed by atoms with van der Waals surface area (Å²) in [6, 6.07) is 16.5. The van der Waals surface area contributed by atoms with E-state index in [-0.39, 0.29) is 12.0 Å². The van der Waals surface area contributed by atoms with Crippen LogP contribution in [0.25, 0.3) is 10.8 Å². The number of aromatic nitrogens is 2. The minimum Gasteiger partial charge on any atom is -0.471 e. The first-order valence-corrected chi connectivity index (χ1v) is 16.9. The molecule has 9 nitrogen and oxygen atoms in total. The van der Waals surface area contributed by atoms with E-state index in [0.29, 0.717) is 49.2 Å². The van der Waals surface area contributed by atoms with Gasteiger partial charge in [0.25, 0.3) is 5.91 Å². The number of rotatable bonds is 12. The molecular weight excluding hydrogens is 576 g/mol. The van der Waals surface area contributed by atoms with Gasteiger partial charge in [-0.1, -0.05) is 31.5 Å². The van der Waals surface area contributed by atoms with E-state index in [4.69, 9.17) is 15.5 Å². The molecule has 1 saturated heterocycles. The highest BCUT2D eigenvalue weighted by Crippen LogP contribution is 2.40. The number of carbonyl (C=O) groups excluding carboxylic acids is 1. The lowest BCUT2D eigenvalue weighted by Gasteiger charge is -2.49. The predicted molar refractivity (Wildman–Crippen MR) is 180 cm³/mol. The quantitative estimate of drug-likeness (QED) is 0.280. The van der Waals surface area contributed by atoms with Gasteiger partial charge in [0.05, 0.1) is 25.9 Å². The summed E-state index contributed by atoms with van der Waals surface area (Å²) < 4.78 is 6.74. The summed E-state index contributed by atoms with van der Waals surface area (Å²) in [7, 11) is 4.10. The third-order valence-electron chi connectivity index (χ3n) is 10.6. The molecule has 3 atom stereocenters. The number of likely N-dealkylation sites (N-methyl/N-ethyl adjacent to an activating group) is 1. The molecule has 0 radical (unpaired) electrons. The molecule has 1 aliphatic carbocycles. The van der Waals surface area contributed by atoms with E-state index in [1.165, 1.54) is 0 Å². The summed E-state index contributed by atoms with van der Waals surface area (Å²) in [6.07, 6.45) is 8.22. The highest BCUT2D eigenvalue weighted by molar-refractivity contribution is 5.87. The van der Waals surface area contributed by atoms with Crippen molar-refractivity contribution < 1.29 is 19.1 Å². The molecule has 246 valence electrons. The molecule has 1 saturated carbocycles. The predicted octanol–water partition coefficient (Wildman–Crippen LogP) is 4.68. The van der Waals surface area contributed by atoms with Gasteiger partial charge in [-0.3, -0.25) is 9.78 Å². The maximum atomic E-state index is 12.9. The lowest BCUT2D eigenvalue weighted by molar-refractivity contribution is -0.922. The number of benzene rings is 1. The fourth-order valence-electron chi connectivity index (χ4n) is 7.71. The van der Waals surface area contributed by atoms with Crippen molar-refractivity contribution in [3.63, 3.8) is 0 Å². The number of piperidine rings is 1. The van der Waals surface area contributed by atoms with Crippen LogP contribution in [0.2, 0.25) is 0 Å². The third kappa shape index (κ3) is 7.20. The number of nitrogens with two attached hydrogens (primary N) is 1. The lowest BCUT2D eigenvalue weighted by Crippen LogP contribution is -2.68. The second-order valence-corrected chi connectivity index (χ2v) is 14.3. The van der Waals surface area contributed by atoms with E-state index < -0.39 is 16.9 Å². The van der Waals surface area contributed by atoms with Crippen LogP contribution < -0.4 is 10.5 Å². The van der Waals surface area contributed by atoms with Crippen LogP contribution in [-0.4, -0.2) is 88.9 Å². The normalized spacial score (nSPS) is 23.6. The van der Waals surface area contributed by atoms with Crippen LogP contribution in [0.15, 0.2) is 48.7 Å². The van der Waals surface area contributed by atoms with Crippen molar-refractivity contribution in [1.82, 2.24) is 14.9 Å². The number of aryl methyl sites for hydroxylation is 2. The first-order valence-electron chi connectivity index (χ1n) is 16.9. The van der Waals surface area contributed by atoms with E-state index in [1.807, 2.05) is 37.3 Å². The van der Waals surface area contributed by atoms with Gasteiger partial charge in [0.1, 0.15) is 24.6 Å². The topological polar surface area (TPSA) is 125 Å². The zero-order valence-electron chi connectivity index (χ0n) is 28.0. The number of pyridine rings is 2. The molecule has 3 N–H and O–H groups in total. The molecule has 46 heavy (non-hydrogen) atoms. The summed E-state index contributed by atoms with van der Waals surface area (Å²) in [4.78, 5) is 24.7. The highest BCUT2D eigenvalue weighted by atomic mass is 16.5. The Labute approximate surface area is 274 Å². The summed E-state index contributed by atoms with van der Waals surface area (Å²) in [5, 5.41) is 24.1. The fraction of sp³-hybridized carbons (Fsp3) is 0.568. The Morgan fingerprint density at radius 1 is 1.20 bits per heavy atom. The first kappa shape index (κ1) is 33.8. The molecular formula is C37H51N6O3+. The summed E-state index contributed by atoms with van der Waals surface area (Å²) >= 11 is 0. The molecule has 2 aromatic heterocycles. The summed E-state index contributed by atoms with van der Waals surface area (Å²) in [6.45, 7) is 7.53. The smallest absolute Gasteiger partial charge is 0.255 e. The molecule has 1 unspecified atom stereocenters. The number of hydrogen-bond acceptors (Lipinski definition) is 7. The van der Waals surface area contributed by atoms with Crippen LogP contribution in [0.5, 0.6) is 5.88 Å². The molecule has 0 spiro atoms. The van der Waals surface area contributed by atoms with Gasteiger partial charge in [-0.15, -0.1) is 0 Å². The Bertz CT molecular complexity index is 1560. The number of nitrogens with zero attached hydrogens (tertiary/aromatic N) is 5. The number of amides is 1. The zero-order chi connectivity index (χ0) is 33.0. The minimum atomic E-state index is -1.62. The van der Waals surface area contributed by atoms with Crippen LogP contribution in [0, 0.1) is 24.2 Å². The molecule has 3 aromatic rings. The molecule has 1 amide bonds. The largest absolute Gasteiger partial charge is 0.471 e. The fourth-order valence-corrected chi connectivity index (χ4v) is 7.71. The number of fused-ring (bicyclic) bond motifs is 1. The number of likely N-dealkylation sites (tertiary alicyclic amines) is 1. The molecule has 0 bridgehead atoms. The van der Waals surface area contributed by atoms with E-state index in [1.54, 1.807) is 6.20 Å². The van der Waals surface area contributed by atoms with Gasteiger partial charge < -0.3 is 25.0 Å². The lowest BCUT2D eigenvalue weighted by atomic mass is 9.72. The average Bonchev–Trinajstić information content (AvgIpc) is 3.04. The van der Waals surface area contributed by atoms with Crippen molar-refractivity contribution in [3.8, 4) is 11.9 Å². The number of unbranched alkanes of at least 4 members (excludes halogenated alkanes) is 1. The number of ether oxygens (including phenoxy) is 1. The van der Waals surface area contributed by atoms with Crippen LogP contribution >= 0.6 is 0 Å². The summed E-state index contributed by atoms with van der Waals surface area (Å²) in [5.74, 6) is 0.120. The van der Waals surface area contributed by atoms with Gasteiger partial charge >= 0.3 is 0 Å². The molecule has 1 aromatic carbocycles. The molecule has 1 aliphatic heterocycles. The maximum absolute atomic E-state index is 12.9. The van der Waals surface area contributed by atoms with Gasteiger partial charge in [0.2, 0.25) is 5.88 Å². The van der Waals surface area contributed by atoms with Gasteiger partial charge in [-0.05, 0) is 86.6 Å². The number of aliphatic hydroxyl groups is 1. The molecule has 3 heterocycles. The molecule has 5 rings (SSSR count). The van der Waals surface area contributed by atoms with Gasteiger partial charge in [-0.2, -0.15) is 5.26 Å². The second kappa shape index (κ2) is 14.0. The molecule has 9 heteroatoms. The SMILES string of the molecule is CCCCc1cc2ccccc2c(OCC[N+](C)(C)[C@H]2CCC(CN3CCC(C#N)(c4cc(C)ccn4)CC3)C[C@@]2(O)C(N)=O)n1. The standard InChI is InChI=1S/C37H50N6O3/c1-5-6-10-30-23-29-9-7-8-11-31(29)34(41-30)46-21-20-43(3,4)33-13-12-28(24-37(33,45)35(39)44)25-42-18-15-36(26-38,16-19-42)32-22-27(2)14-17-40-32/h7-9,11,14,17,22-23,28,33,45H,5-6,10,12-13,15-16,18-21,24-25H2,1-4H3,(H-,39,44)/p+1/t28?,33-,37-/m0/s1. The monoisotopic (exact) mass is 627 g/mol. The number of carbonyl (C=O) groups is 1. The maximum Gasteiger partial charge on any atom is 0.255 e. The van der Waals surface area contributed by atoms with Gasteiger partial charge in [0.15, 0.2) is 5.60 Å². The van der Waals surface area contributed by atoms with Crippen molar-refractivity contribution in [3.05, 3.63) is 65.6 Å².